The number of carbonyl (C=O) groups excluding carboxylic acids is 1. The summed E-state index contributed by atoms with van der Waals surface area (Å²) in [5, 5.41) is 1.24. The third-order valence-electron chi connectivity index (χ3n) is 6.14. The van der Waals surface area contributed by atoms with Crippen LogP contribution in [0.2, 0.25) is 0 Å². The van der Waals surface area contributed by atoms with Crippen molar-refractivity contribution in [3.8, 4) is 5.69 Å². The molecule has 34 heavy (non-hydrogen) atoms. The zero-order valence-corrected chi connectivity index (χ0v) is 20.9. The number of hydrogen-bond acceptors (Lipinski definition) is 4. The molecule has 0 fully saturated rings. The summed E-state index contributed by atoms with van der Waals surface area (Å²) in [6.45, 7) is 6.79. The lowest BCUT2D eigenvalue weighted by molar-refractivity contribution is 0.102. The first-order chi connectivity index (χ1) is 16.5. The van der Waals surface area contributed by atoms with E-state index in [-0.39, 0.29) is 17.1 Å². The van der Waals surface area contributed by atoms with Gasteiger partial charge in [0, 0.05) is 29.2 Å². The van der Waals surface area contributed by atoms with Gasteiger partial charge in [-0.15, -0.1) is 0 Å². The van der Waals surface area contributed by atoms with Crippen molar-refractivity contribution in [3.05, 3.63) is 88.0 Å². The molecule has 4 rings (SSSR count). The van der Waals surface area contributed by atoms with Gasteiger partial charge in [-0.3, -0.25) is 14.2 Å². The molecular weight excluding hydrogens is 442 g/mol. The number of hydrogen-bond donors (Lipinski definition) is 0. The lowest BCUT2D eigenvalue weighted by atomic mass is 10.2. The highest BCUT2D eigenvalue weighted by molar-refractivity contribution is 7.99. The highest BCUT2D eigenvalue weighted by atomic mass is 32.2. The third-order valence-corrected chi connectivity index (χ3v) is 7.12. The van der Waals surface area contributed by atoms with E-state index in [0.29, 0.717) is 28.2 Å². The van der Waals surface area contributed by atoms with E-state index in [9.17, 15) is 9.59 Å². The van der Waals surface area contributed by atoms with Gasteiger partial charge in [-0.25, -0.2) is 4.98 Å². The summed E-state index contributed by atoms with van der Waals surface area (Å²) in [7, 11) is 0. The molecule has 176 valence electrons. The number of carbonyl (C=O) groups is 1. The SMILES string of the molecule is CCCCCCn1c(SCC(=O)c2cc(C)n(-c3ccccc3)c2C)nc2ccccc2c1=O. The lowest BCUT2D eigenvalue weighted by Crippen LogP contribution is -2.24. The molecule has 0 radical (unpaired) electrons. The smallest absolute Gasteiger partial charge is 0.262 e. The van der Waals surface area contributed by atoms with Crippen LogP contribution in [0.5, 0.6) is 0 Å². The average Bonchev–Trinajstić information content (AvgIpc) is 3.16. The normalized spacial score (nSPS) is 11.3. The van der Waals surface area contributed by atoms with E-state index >= 15 is 0 Å². The predicted molar refractivity (Wildman–Crippen MR) is 140 cm³/mol. The number of ketones is 1. The van der Waals surface area contributed by atoms with Crippen LogP contribution >= 0.6 is 11.8 Å². The van der Waals surface area contributed by atoms with Crippen LogP contribution in [0.4, 0.5) is 0 Å². The van der Waals surface area contributed by atoms with Gasteiger partial charge in [-0.05, 0) is 50.6 Å². The molecule has 2 aromatic heterocycles. The molecule has 6 heteroatoms. The van der Waals surface area contributed by atoms with Crippen molar-refractivity contribution in [2.45, 2.75) is 58.2 Å². The second-order valence-corrected chi connectivity index (χ2v) is 9.54. The number of rotatable bonds is 10. The second kappa shape index (κ2) is 10.9. The molecule has 0 unspecified atom stereocenters. The minimum atomic E-state index is -0.0284. The van der Waals surface area contributed by atoms with E-state index in [4.69, 9.17) is 4.98 Å². The second-order valence-electron chi connectivity index (χ2n) is 8.60. The van der Waals surface area contributed by atoms with Gasteiger partial charge in [0.15, 0.2) is 10.9 Å². The summed E-state index contributed by atoms with van der Waals surface area (Å²) in [6, 6.07) is 19.5. The van der Waals surface area contributed by atoms with E-state index in [1.165, 1.54) is 11.8 Å². The van der Waals surface area contributed by atoms with Gasteiger partial charge in [0.1, 0.15) is 0 Å². The topological polar surface area (TPSA) is 56.9 Å². The van der Waals surface area contributed by atoms with Crippen molar-refractivity contribution in [3.63, 3.8) is 0 Å². The molecular formula is C28H31N3O2S. The maximum Gasteiger partial charge on any atom is 0.262 e. The number of benzene rings is 2. The Kier molecular flexibility index (Phi) is 7.68. The van der Waals surface area contributed by atoms with Crippen LogP contribution in [0.15, 0.2) is 70.6 Å². The molecule has 0 aliphatic carbocycles. The number of Topliss-reactive ketones (excluding diaryl/α,β-unsaturated/α-hetero) is 1. The van der Waals surface area contributed by atoms with Crippen LogP contribution in [0.25, 0.3) is 16.6 Å². The Balaban J connectivity index is 1.59. The highest BCUT2D eigenvalue weighted by Crippen LogP contribution is 2.24. The van der Waals surface area contributed by atoms with Crippen LogP contribution < -0.4 is 5.56 Å². The van der Waals surface area contributed by atoms with Crippen molar-refractivity contribution in [2.24, 2.45) is 0 Å². The third kappa shape index (κ3) is 5.02. The Morgan fingerprint density at radius 2 is 1.71 bits per heavy atom. The average molecular weight is 474 g/mol. The van der Waals surface area contributed by atoms with Crippen LogP contribution in [0.3, 0.4) is 0 Å². The van der Waals surface area contributed by atoms with E-state index < -0.39 is 0 Å². The minimum absolute atomic E-state index is 0.0284. The fourth-order valence-electron chi connectivity index (χ4n) is 4.38. The van der Waals surface area contributed by atoms with Crippen LogP contribution in [-0.2, 0) is 6.54 Å². The molecule has 2 heterocycles. The van der Waals surface area contributed by atoms with E-state index in [0.717, 1.165) is 42.8 Å². The van der Waals surface area contributed by atoms with Crippen LogP contribution in [0, 0.1) is 13.8 Å². The van der Waals surface area contributed by atoms with Crippen LogP contribution in [-0.4, -0.2) is 25.7 Å². The zero-order valence-electron chi connectivity index (χ0n) is 20.1. The first kappa shape index (κ1) is 24.0. The van der Waals surface area contributed by atoms with E-state index in [1.54, 1.807) is 4.57 Å². The van der Waals surface area contributed by atoms with Crippen LogP contribution in [0.1, 0.15) is 54.4 Å². The summed E-state index contributed by atoms with van der Waals surface area (Å²) in [4.78, 5) is 31.2. The maximum atomic E-state index is 13.2. The minimum Gasteiger partial charge on any atom is -0.318 e. The molecule has 0 bridgehead atoms. The van der Waals surface area contributed by atoms with E-state index in [1.807, 2.05) is 74.5 Å². The number of thioether (sulfide) groups is 1. The first-order valence-electron chi connectivity index (χ1n) is 11.9. The Morgan fingerprint density at radius 3 is 2.47 bits per heavy atom. The Hall–Kier alpha value is -3.12. The Morgan fingerprint density at radius 1 is 0.971 bits per heavy atom. The van der Waals surface area contributed by atoms with Gasteiger partial charge in [-0.2, -0.15) is 0 Å². The summed E-state index contributed by atoms with van der Waals surface area (Å²) in [6.07, 6.45) is 4.29. The van der Waals surface area contributed by atoms with Gasteiger partial charge >= 0.3 is 0 Å². The predicted octanol–water partition coefficient (Wildman–Crippen LogP) is 6.36. The first-order valence-corrected chi connectivity index (χ1v) is 12.9. The van der Waals surface area contributed by atoms with Gasteiger partial charge < -0.3 is 4.57 Å². The fraction of sp³-hybridized carbons (Fsp3) is 0.321. The molecule has 0 aliphatic rings. The summed E-state index contributed by atoms with van der Waals surface area (Å²) < 4.78 is 3.86. The van der Waals surface area contributed by atoms with Crippen molar-refractivity contribution in [1.29, 1.82) is 0 Å². The Bertz CT molecular complexity index is 1360. The van der Waals surface area contributed by atoms with Crippen molar-refractivity contribution in [2.75, 3.05) is 5.75 Å². The zero-order chi connectivity index (χ0) is 24.1. The molecule has 2 aromatic carbocycles. The number of fused-ring (bicyclic) bond motifs is 1. The van der Waals surface area contributed by atoms with Gasteiger partial charge in [0.2, 0.25) is 0 Å². The quantitative estimate of drug-likeness (QED) is 0.116. The maximum absolute atomic E-state index is 13.2. The Labute approximate surface area is 204 Å². The number of unbranched alkanes of at least 4 members (excludes halogenated alkanes) is 3. The van der Waals surface area contributed by atoms with Crippen molar-refractivity contribution >= 4 is 28.4 Å². The monoisotopic (exact) mass is 473 g/mol. The largest absolute Gasteiger partial charge is 0.318 e. The lowest BCUT2D eigenvalue weighted by Gasteiger charge is -2.13. The fourth-order valence-corrected chi connectivity index (χ4v) is 5.29. The molecule has 0 spiro atoms. The standard InChI is InChI=1S/C28H31N3O2S/c1-4-5-6-12-17-30-27(33)23-15-10-11-16-25(23)29-28(30)34-19-26(32)24-18-20(2)31(21(24)3)22-13-8-7-9-14-22/h7-11,13-16,18H,4-6,12,17,19H2,1-3H3. The van der Waals surface area contributed by atoms with Crippen molar-refractivity contribution in [1.82, 2.24) is 14.1 Å². The number of nitrogens with zero attached hydrogens (tertiary/aromatic N) is 3. The molecule has 0 amide bonds. The number of para-hydroxylation sites is 2. The molecule has 4 aromatic rings. The molecule has 0 saturated carbocycles. The van der Waals surface area contributed by atoms with Gasteiger partial charge in [-0.1, -0.05) is 68.3 Å². The van der Waals surface area contributed by atoms with Crippen molar-refractivity contribution < 1.29 is 4.79 Å². The molecule has 0 saturated heterocycles. The molecule has 0 N–H and O–H groups in total. The highest BCUT2D eigenvalue weighted by Gasteiger charge is 2.19. The number of aryl methyl sites for hydroxylation is 1. The summed E-state index contributed by atoms with van der Waals surface area (Å²) >= 11 is 1.36. The van der Waals surface area contributed by atoms with Gasteiger partial charge in [0.05, 0.1) is 16.7 Å². The van der Waals surface area contributed by atoms with Gasteiger partial charge in [0.25, 0.3) is 5.56 Å². The van der Waals surface area contributed by atoms with E-state index in [2.05, 4.69) is 11.5 Å². The number of aromatic nitrogens is 3. The molecule has 0 atom stereocenters. The summed E-state index contributed by atoms with van der Waals surface area (Å²) in [5.74, 6) is 0.277. The molecule has 0 aliphatic heterocycles. The summed E-state index contributed by atoms with van der Waals surface area (Å²) in [5.41, 5.74) is 4.35. The molecule has 5 nitrogen and oxygen atoms in total.